The van der Waals surface area contributed by atoms with Gasteiger partial charge in [-0.15, -0.1) is 0 Å². The number of para-hydroxylation sites is 1. The fraction of sp³-hybridized carbons (Fsp3) is 0. The number of benzene rings is 3. The summed E-state index contributed by atoms with van der Waals surface area (Å²) in [6, 6.07) is 20.8. The van der Waals surface area contributed by atoms with Gasteiger partial charge in [0.1, 0.15) is 11.5 Å². The molecule has 0 unspecified atom stereocenters. The number of carbonyl (C=O) groups excluding carboxylic acids is 1. The second kappa shape index (κ2) is 7.59. The topological polar surface area (TPSA) is 76.4 Å². The number of ether oxygens (including phenoxy) is 1. The predicted molar refractivity (Wildman–Crippen MR) is 101 cm³/mol. The molecule has 126 valence electrons. The fourth-order valence-corrected chi connectivity index (χ4v) is 2.31. The molecule has 0 saturated carbocycles. The van der Waals surface area contributed by atoms with Gasteiger partial charge in [-0.2, -0.15) is 0 Å². The average Bonchev–Trinajstić information content (AvgIpc) is 2.61. The minimum atomic E-state index is -0.375. The van der Waals surface area contributed by atoms with E-state index in [1.54, 1.807) is 72.8 Å². The largest absolute Gasteiger partial charge is 0.457 e. The number of urea groups is 1. The van der Waals surface area contributed by atoms with Gasteiger partial charge in [-0.25, -0.2) is 4.79 Å². The van der Waals surface area contributed by atoms with E-state index in [1.165, 1.54) is 0 Å². The molecule has 3 rings (SSSR count). The van der Waals surface area contributed by atoms with Crippen LogP contribution >= 0.6 is 11.6 Å². The lowest BCUT2D eigenvalue weighted by Gasteiger charge is -2.10. The highest BCUT2D eigenvalue weighted by Gasteiger charge is 2.06. The quantitative estimate of drug-likeness (QED) is 0.553. The van der Waals surface area contributed by atoms with E-state index in [4.69, 9.17) is 22.1 Å². The van der Waals surface area contributed by atoms with Crippen LogP contribution in [0.2, 0.25) is 5.02 Å². The van der Waals surface area contributed by atoms with Crippen LogP contribution in [0, 0.1) is 0 Å². The van der Waals surface area contributed by atoms with Gasteiger partial charge < -0.3 is 21.1 Å². The number of nitrogen functional groups attached to an aromatic ring is 1. The van der Waals surface area contributed by atoms with Crippen LogP contribution in [0.3, 0.4) is 0 Å². The number of amides is 2. The summed E-state index contributed by atoms with van der Waals surface area (Å²) >= 11 is 6.01. The monoisotopic (exact) mass is 353 g/mol. The van der Waals surface area contributed by atoms with Gasteiger partial charge in [-0.1, -0.05) is 23.7 Å². The third-order valence-electron chi connectivity index (χ3n) is 3.35. The van der Waals surface area contributed by atoms with Gasteiger partial charge in [0, 0.05) is 11.4 Å². The maximum Gasteiger partial charge on any atom is 0.323 e. The maximum atomic E-state index is 12.0. The van der Waals surface area contributed by atoms with Crippen LogP contribution in [0.25, 0.3) is 0 Å². The molecule has 0 saturated heterocycles. The number of carbonyl (C=O) groups is 1. The van der Waals surface area contributed by atoms with Gasteiger partial charge in [-0.3, -0.25) is 0 Å². The van der Waals surface area contributed by atoms with Gasteiger partial charge in [0.25, 0.3) is 0 Å². The summed E-state index contributed by atoms with van der Waals surface area (Å²) in [4.78, 5) is 12.0. The number of hydrogen-bond donors (Lipinski definition) is 3. The SMILES string of the molecule is Nc1ccc(Oc2ccc(NC(=O)Nc3ccccc3Cl)cc2)cc1. The molecule has 0 bridgehead atoms. The molecule has 0 aliphatic rings. The van der Waals surface area contributed by atoms with Crippen molar-refractivity contribution < 1.29 is 9.53 Å². The zero-order valence-electron chi connectivity index (χ0n) is 13.2. The summed E-state index contributed by atoms with van der Waals surface area (Å²) in [5.41, 5.74) is 7.50. The molecule has 2 amide bonds. The number of hydrogen-bond acceptors (Lipinski definition) is 3. The molecule has 5 nitrogen and oxygen atoms in total. The smallest absolute Gasteiger partial charge is 0.323 e. The number of anilines is 3. The van der Waals surface area contributed by atoms with E-state index in [0.717, 1.165) is 0 Å². The molecule has 0 spiro atoms. The molecule has 3 aromatic rings. The number of nitrogens with one attached hydrogen (secondary N) is 2. The highest BCUT2D eigenvalue weighted by molar-refractivity contribution is 6.33. The Morgan fingerprint density at radius 2 is 1.44 bits per heavy atom. The molecule has 0 atom stereocenters. The van der Waals surface area contributed by atoms with Gasteiger partial charge in [0.2, 0.25) is 0 Å². The normalized spacial score (nSPS) is 10.1. The van der Waals surface area contributed by atoms with Crippen molar-refractivity contribution in [2.75, 3.05) is 16.4 Å². The Morgan fingerprint density at radius 3 is 2.08 bits per heavy atom. The molecule has 4 N–H and O–H groups in total. The summed E-state index contributed by atoms with van der Waals surface area (Å²) < 4.78 is 5.70. The number of rotatable bonds is 4. The van der Waals surface area contributed by atoms with E-state index < -0.39 is 0 Å². The fourth-order valence-electron chi connectivity index (χ4n) is 2.13. The van der Waals surface area contributed by atoms with E-state index in [1.807, 2.05) is 0 Å². The average molecular weight is 354 g/mol. The summed E-state index contributed by atoms with van der Waals surface area (Å²) in [6.45, 7) is 0. The second-order valence-electron chi connectivity index (χ2n) is 5.25. The van der Waals surface area contributed by atoms with Gasteiger partial charge in [0.15, 0.2) is 0 Å². The van der Waals surface area contributed by atoms with Crippen molar-refractivity contribution in [3.05, 3.63) is 77.8 Å². The van der Waals surface area contributed by atoms with Crippen molar-refractivity contribution in [2.45, 2.75) is 0 Å². The first kappa shape index (κ1) is 16.7. The van der Waals surface area contributed by atoms with Crippen LogP contribution in [0.5, 0.6) is 11.5 Å². The zero-order valence-corrected chi connectivity index (χ0v) is 14.0. The first-order chi connectivity index (χ1) is 12.1. The lowest BCUT2D eigenvalue weighted by molar-refractivity contribution is 0.262. The van der Waals surface area contributed by atoms with Crippen LogP contribution in [-0.4, -0.2) is 6.03 Å². The third-order valence-corrected chi connectivity index (χ3v) is 3.68. The van der Waals surface area contributed by atoms with Crippen LogP contribution in [0.4, 0.5) is 21.9 Å². The lowest BCUT2D eigenvalue weighted by atomic mass is 10.3. The minimum Gasteiger partial charge on any atom is -0.457 e. The van der Waals surface area contributed by atoms with E-state index in [0.29, 0.717) is 33.6 Å². The highest BCUT2D eigenvalue weighted by atomic mass is 35.5. The van der Waals surface area contributed by atoms with E-state index in [2.05, 4.69) is 10.6 Å². The molecular formula is C19H16ClN3O2. The Hall–Kier alpha value is -3.18. The van der Waals surface area contributed by atoms with Crippen molar-refractivity contribution in [2.24, 2.45) is 0 Å². The van der Waals surface area contributed by atoms with Gasteiger partial charge in [-0.05, 0) is 60.7 Å². The molecule has 6 heteroatoms. The summed E-state index contributed by atoms with van der Waals surface area (Å²) in [7, 11) is 0. The minimum absolute atomic E-state index is 0.375. The molecule has 0 aliphatic carbocycles. The summed E-state index contributed by atoms with van der Waals surface area (Å²) in [5.74, 6) is 1.34. The molecular weight excluding hydrogens is 338 g/mol. The van der Waals surface area contributed by atoms with Crippen molar-refractivity contribution in [1.29, 1.82) is 0 Å². The van der Waals surface area contributed by atoms with Gasteiger partial charge >= 0.3 is 6.03 Å². The van der Waals surface area contributed by atoms with Crippen molar-refractivity contribution >= 4 is 34.7 Å². The predicted octanol–water partition coefficient (Wildman–Crippen LogP) is 5.36. The highest BCUT2D eigenvalue weighted by Crippen LogP contribution is 2.24. The lowest BCUT2D eigenvalue weighted by Crippen LogP contribution is -2.19. The molecule has 0 fully saturated rings. The van der Waals surface area contributed by atoms with Crippen LogP contribution in [-0.2, 0) is 0 Å². The second-order valence-corrected chi connectivity index (χ2v) is 5.66. The standard InChI is InChI=1S/C19H16ClN3O2/c20-17-3-1-2-4-18(17)23-19(24)22-14-7-11-16(12-8-14)25-15-9-5-13(21)6-10-15/h1-12H,21H2,(H2,22,23,24). The molecule has 3 aromatic carbocycles. The molecule has 0 aliphatic heterocycles. The number of halogens is 1. The summed E-state index contributed by atoms with van der Waals surface area (Å²) in [5, 5.41) is 5.91. The number of nitrogens with two attached hydrogens (primary N) is 1. The first-order valence-corrected chi connectivity index (χ1v) is 7.94. The molecule has 0 radical (unpaired) electrons. The summed E-state index contributed by atoms with van der Waals surface area (Å²) in [6.07, 6.45) is 0. The first-order valence-electron chi connectivity index (χ1n) is 7.56. The maximum absolute atomic E-state index is 12.0. The van der Waals surface area contributed by atoms with Crippen LogP contribution < -0.4 is 21.1 Å². The zero-order chi connectivity index (χ0) is 17.6. The molecule has 25 heavy (non-hydrogen) atoms. The van der Waals surface area contributed by atoms with Crippen molar-refractivity contribution in [1.82, 2.24) is 0 Å². The van der Waals surface area contributed by atoms with Crippen LogP contribution in [0.15, 0.2) is 72.8 Å². The van der Waals surface area contributed by atoms with Crippen molar-refractivity contribution in [3.8, 4) is 11.5 Å². The Bertz CT molecular complexity index is 865. The third kappa shape index (κ3) is 4.65. The van der Waals surface area contributed by atoms with E-state index >= 15 is 0 Å². The van der Waals surface area contributed by atoms with Crippen molar-refractivity contribution in [3.63, 3.8) is 0 Å². The Morgan fingerprint density at radius 1 is 0.840 bits per heavy atom. The molecule has 0 heterocycles. The van der Waals surface area contributed by atoms with Crippen LogP contribution in [0.1, 0.15) is 0 Å². The Balaban J connectivity index is 1.59. The Labute approximate surface area is 150 Å². The van der Waals surface area contributed by atoms with E-state index in [-0.39, 0.29) is 6.03 Å². The Kier molecular flexibility index (Phi) is 5.06. The molecule has 0 aromatic heterocycles. The van der Waals surface area contributed by atoms with Gasteiger partial charge in [0.05, 0.1) is 10.7 Å². The van der Waals surface area contributed by atoms with E-state index in [9.17, 15) is 4.79 Å².